The Morgan fingerprint density at radius 3 is 2.22 bits per heavy atom. The molecule has 148 valence electrons. The maximum atomic E-state index is 11.7. The number of aryl methyl sites for hydroxylation is 2. The summed E-state index contributed by atoms with van der Waals surface area (Å²) in [5.41, 5.74) is 6.90. The zero-order chi connectivity index (χ0) is 20.2. The lowest BCUT2D eigenvalue weighted by molar-refractivity contribution is 0.0502. The second kappa shape index (κ2) is 9.05. The Kier molecular flexibility index (Phi) is 7.27. The summed E-state index contributed by atoms with van der Waals surface area (Å²) < 4.78 is 22.4. The standard InChI is InChI=1S/C22H31O4P/c1-15(2)20-11-18(7-8-22(20)26-14-25-5)12-21-16(3)9-19(10-17(21)4)13-27(6,23)24/h7-11,15H,12-14H2,1-6H3,(H,23,24). The molecular weight excluding hydrogens is 359 g/mol. The summed E-state index contributed by atoms with van der Waals surface area (Å²) in [6.45, 7) is 10.1. The normalized spacial score (nSPS) is 13.6. The lowest BCUT2D eigenvalue weighted by atomic mass is 9.92. The molecule has 27 heavy (non-hydrogen) atoms. The van der Waals surface area contributed by atoms with Crippen molar-refractivity contribution in [2.75, 3.05) is 20.6 Å². The maximum absolute atomic E-state index is 11.7. The number of hydrogen-bond donors (Lipinski definition) is 1. The van der Waals surface area contributed by atoms with E-state index >= 15 is 0 Å². The van der Waals surface area contributed by atoms with Gasteiger partial charge in [0.15, 0.2) is 6.79 Å². The summed E-state index contributed by atoms with van der Waals surface area (Å²) in [4.78, 5) is 9.66. The summed E-state index contributed by atoms with van der Waals surface area (Å²) in [5, 5.41) is 0. The minimum absolute atomic E-state index is 0.220. The van der Waals surface area contributed by atoms with Gasteiger partial charge in [0.25, 0.3) is 0 Å². The highest BCUT2D eigenvalue weighted by Crippen LogP contribution is 2.40. The maximum Gasteiger partial charge on any atom is 0.201 e. The van der Waals surface area contributed by atoms with E-state index in [0.717, 1.165) is 28.9 Å². The molecule has 0 fully saturated rings. The van der Waals surface area contributed by atoms with Crippen LogP contribution in [-0.4, -0.2) is 25.5 Å². The van der Waals surface area contributed by atoms with Gasteiger partial charge < -0.3 is 14.4 Å². The van der Waals surface area contributed by atoms with Gasteiger partial charge in [0.2, 0.25) is 7.37 Å². The van der Waals surface area contributed by atoms with Crippen molar-refractivity contribution in [3.05, 3.63) is 63.7 Å². The first kappa shape index (κ1) is 21.7. The quantitative estimate of drug-likeness (QED) is 0.484. The molecule has 0 spiro atoms. The van der Waals surface area contributed by atoms with Crippen LogP contribution in [0.4, 0.5) is 0 Å². The fourth-order valence-electron chi connectivity index (χ4n) is 3.41. The molecule has 0 amide bonds. The highest BCUT2D eigenvalue weighted by atomic mass is 31.2. The SMILES string of the molecule is COCOc1ccc(Cc2c(C)cc(CP(C)(=O)O)cc2C)cc1C(C)C. The number of benzene rings is 2. The molecule has 0 saturated carbocycles. The van der Waals surface area contributed by atoms with Gasteiger partial charge in [-0.25, -0.2) is 0 Å². The zero-order valence-electron chi connectivity index (χ0n) is 17.2. The monoisotopic (exact) mass is 390 g/mol. The molecule has 2 aromatic carbocycles. The Bertz CT molecular complexity index is 813. The topological polar surface area (TPSA) is 55.8 Å². The first-order valence-electron chi connectivity index (χ1n) is 9.23. The number of hydrogen-bond acceptors (Lipinski definition) is 3. The van der Waals surface area contributed by atoms with Crippen LogP contribution in [0.25, 0.3) is 0 Å². The van der Waals surface area contributed by atoms with Crippen LogP contribution in [0.2, 0.25) is 0 Å². The number of methoxy groups -OCH3 is 1. The molecule has 2 aromatic rings. The van der Waals surface area contributed by atoms with Crippen LogP contribution in [0.1, 0.15) is 53.1 Å². The Morgan fingerprint density at radius 2 is 1.70 bits per heavy atom. The van der Waals surface area contributed by atoms with E-state index in [1.807, 2.05) is 18.2 Å². The molecule has 1 atom stereocenters. The largest absolute Gasteiger partial charge is 0.467 e. The van der Waals surface area contributed by atoms with Crippen LogP contribution in [0, 0.1) is 13.8 Å². The third-order valence-electron chi connectivity index (χ3n) is 4.64. The molecule has 0 heterocycles. The molecule has 0 bridgehead atoms. The summed E-state index contributed by atoms with van der Waals surface area (Å²) in [6, 6.07) is 10.4. The molecule has 4 nitrogen and oxygen atoms in total. The first-order valence-corrected chi connectivity index (χ1v) is 11.5. The van der Waals surface area contributed by atoms with Crippen molar-refractivity contribution >= 4 is 7.37 Å². The van der Waals surface area contributed by atoms with E-state index in [4.69, 9.17) is 9.47 Å². The molecule has 0 radical (unpaired) electrons. The fourth-order valence-corrected chi connectivity index (χ4v) is 4.27. The van der Waals surface area contributed by atoms with Crippen LogP contribution >= 0.6 is 7.37 Å². The second-order valence-corrected chi connectivity index (χ2v) is 10.1. The van der Waals surface area contributed by atoms with Gasteiger partial charge in [-0.05, 0) is 65.6 Å². The van der Waals surface area contributed by atoms with Gasteiger partial charge in [-0.15, -0.1) is 0 Å². The van der Waals surface area contributed by atoms with Crippen molar-refractivity contribution in [3.8, 4) is 5.75 Å². The molecule has 1 N–H and O–H groups in total. The van der Waals surface area contributed by atoms with Crippen LogP contribution in [0.5, 0.6) is 5.75 Å². The predicted octanol–water partition coefficient (Wildman–Crippen LogP) is 5.40. The molecular formula is C22H31O4P. The lowest BCUT2D eigenvalue weighted by Gasteiger charge is -2.17. The second-order valence-electron chi connectivity index (χ2n) is 7.67. The fraction of sp³-hybridized carbons (Fsp3) is 0.455. The highest BCUT2D eigenvalue weighted by Gasteiger charge is 2.15. The van der Waals surface area contributed by atoms with E-state index in [-0.39, 0.29) is 13.0 Å². The van der Waals surface area contributed by atoms with Gasteiger partial charge in [-0.3, -0.25) is 4.57 Å². The van der Waals surface area contributed by atoms with Gasteiger partial charge in [0, 0.05) is 19.9 Å². The molecule has 5 heteroatoms. The molecule has 1 unspecified atom stereocenters. The molecule has 0 aromatic heterocycles. The highest BCUT2D eigenvalue weighted by molar-refractivity contribution is 7.56. The van der Waals surface area contributed by atoms with Crippen molar-refractivity contribution in [1.29, 1.82) is 0 Å². The average molecular weight is 390 g/mol. The zero-order valence-corrected chi connectivity index (χ0v) is 18.1. The summed E-state index contributed by atoms with van der Waals surface area (Å²) in [5.74, 6) is 1.21. The van der Waals surface area contributed by atoms with Crippen molar-refractivity contribution in [2.45, 2.75) is 46.2 Å². The van der Waals surface area contributed by atoms with Gasteiger partial charge in [-0.2, -0.15) is 0 Å². The van der Waals surface area contributed by atoms with Crippen LogP contribution in [0.15, 0.2) is 30.3 Å². The Labute approximate surface area is 163 Å². The lowest BCUT2D eigenvalue weighted by Crippen LogP contribution is -2.04. The minimum Gasteiger partial charge on any atom is -0.467 e. The number of rotatable bonds is 8. The van der Waals surface area contributed by atoms with Crippen molar-refractivity contribution in [2.24, 2.45) is 0 Å². The van der Waals surface area contributed by atoms with Crippen molar-refractivity contribution < 1.29 is 18.9 Å². The van der Waals surface area contributed by atoms with Crippen molar-refractivity contribution in [1.82, 2.24) is 0 Å². The average Bonchev–Trinajstić information content (AvgIpc) is 2.55. The van der Waals surface area contributed by atoms with Crippen molar-refractivity contribution in [3.63, 3.8) is 0 Å². The van der Waals surface area contributed by atoms with E-state index in [9.17, 15) is 9.46 Å². The molecule has 0 aliphatic carbocycles. The third kappa shape index (κ3) is 6.21. The summed E-state index contributed by atoms with van der Waals surface area (Å²) >= 11 is 0. The van der Waals surface area contributed by atoms with Crippen LogP contribution in [-0.2, 0) is 21.9 Å². The molecule has 0 aliphatic heterocycles. The van der Waals surface area contributed by atoms with E-state index in [1.54, 1.807) is 7.11 Å². The first-order chi connectivity index (χ1) is 12.6. The Hall–Kier alpha value is -1.61. The van der Waals surface area contributed by atoms with E-state index < -0.39 is 7.37 Å². The molecule has 0 aliphatic rings. The molecule has 0 saturated heterocycles. The van der Waals surface area contributed by atoms with E-state index in [0.29, 0.717) is 5.92 Å². The van der Waals surface area contributed by atoms with Gasteiger partial charge >= 0.3 is 0 Å². The third-order valence-corrected chi connectivity index (χ3v) is 5.59. The summed E-state index contributed by atoms with van der Waals surface area (Å²) in [7, 11) is -1.45. The molecule has 2 rings (SSSR count). The summed E-state index contributed by atoms with van der Waals surface area (Å²) in [6.07, 6.45) is 1.04. The number of ether oxygens (including phenoxy) is 2. The predicted molar refractivity (Wildman–Crippen MR) is 111 cm³/mol. The van der Waals surface area contributed by atoms with Gasteiger partial charge in [0.1, 0.15) is 5.75 Å². The Balaban J connectivity index is 2.31. The van der Waals surface area contributed by atoms with Gasteiger partial charge in [0.05, 0.1) is 0 Å². The van der Waals surface area contributed by atoms with Crippen LogP contribution < -0.4 is 4.74 Å². The Morgan fingerprint density at radius 1 is 1.07 bits per heavy atom. The van der Waals surface area contributed by atoms with Gasteiger partial charge in [-0.1, -0.05) is 38.1 Å². The smallest absolute Gasteiger partial charge is 0.201 e. The van der Waals surface area contributed by atoms with E-state index in [2.05, 4.69) is 39.8 Å². The van der Waals surface area contributed by atoms with Crippen LogP contribution in [0.3, 0.4) is 0 Å². The van der Waals surface area contributed by atoms with E-state index in [1.165, 1.54) is 23.4 Å². The minimum atomic E-state index is -3.07.